The molecule has 3 nitrogen and oxygen atoms in total. The number of rotatable bonds is 2. The standard InChI is InChI=1S/C16H14N2O/c1-16(19,13-6-4-8-17-10-13)15-11-18-9-12-5-2-3-7-14(12)15/h2-11,19H,1H3. The number of hydrogen-bond acceptors (Lipinski definition) is 3. The number of pyridine rings is 2. The molecule has 2 aromatic heterocycles. The fourth-order valence-electron chi connectivity index (χ4n) is 2.31. The quantitative estimate of drug-likeness (QED) is 0.760. The summed E-state index contributed by atoms with van der Waals surface area (Å²) in [5.74, 6) is 0. The zero-order valence-electron chi connectivity index (χ0n) is 10.6. The van der Waals surface area contributed by atoms with Crippen molar-refractivity contribution in [3.05, 3.63) is 72.3 Å². The summed E-state index contributed by atoms with van der Waals surface area (Å²) >= 11 is 0. The number of benzene rings is 1. The molecule has 0 saturated carbocycles. The maximum Gasteiger partial charge on any atom is 0.115 e. The fraction of sp³-hybridized carbons (Fsp3) is 0.125. The first-order valence-electron chi connectivity index (χ1n) is 6.16. The van der Waals surface area contributed by atoms with E-state index in [0.29, 0.717) is 0 Å². The van der Waals surface area contributed by atoms with Crippen molar-refractivity contribution < 1.29 is 5.11 Å². The molecule has 3 aromatic rings. The molecular formula is C16H14N2O. The minimum atomic E-state index is -1.11. The van der Waals surface area contributed by atoms with Crippen molar-refractivity contribution in [3.8, 4) is 0 Å². The van der Waals surface area contributed by atoms with E-state index in [9.17, 15) is 5.11 Å². The van der Waals surface area contributed by atoms with Gasteiger partial charge in [0.1, 0.15) is 5.60 Å². The van der Waals surface area contributed by atoms with Crippen molar-refractivity contribution in [2.45, 2.75) is 12.5 Å². The molecule has 1 unspecified atom stereocenters. The minimum absolute atomic E-state index is 0.758. The van der Waals surface area contributed by atoms with Crippen LogP contribution in [-0.2, 0) is 5.60 Å². The van der Waals surface area contributed by atoms with Crippen LogP contribution in [0.4, 0.5) is 0 Å². The van der Waals surface area contributed by atoms with Gasteiger partial charge in [-0.3, -0.25) is 9.97 Å². The van der Waals surface area contributed by atoms with Gasteiger partial charge in [0.05, 0.1) is 0 Å². The van der Waals surface area contributed by atoms with Crippen LogP contribution in [0.15, 0.2) is 61.2 Å². The average Bonchev–Trinajstić information content (AvgIpc) is 2.47. The molecule has 0 aliphatic rings. The molecule has 0 saturated heterocycles. The molecule has 0 aliphatic carbocycles. The first-order chi connectivity index (χ1) is 9.19. The second kappa shape index (κ2) is 4.44. The molecule has 0 bridgehead atoms. The third-order valence-corrected chi connectivity index (χ3v) is 3.42. The van der Waals surface area contributed by atoms with Crippen LogP contribution in [0.2, 0.25) is 0 Å². The Morgan fingerprint density at radius 2 is 1.79 bits per heavy atom. The van der Waals surface area contributed by atoms with Crippen LogP contribution in [0.5, 0.6) is 0 Å². The van der Waals surface area contributed by atoms with Gasteiger partial charge in [0.15, 0.2) is 0 Å². The highest BCUT2D eigenvalue weighted by atomic mass is 16.3. The van der Waals surface area contributed by atoms with Crippen LogP contribution in [0, 0.1) is 0 Å². The molecule has 0 spiro atoms. The van der Waals surface area contributed by atoms with Crippen LogP contribution in [0.25, 0.3) is 10.8 Å². The Labute approximate surface area is 111 Å². The highest BCUT2D eigenvalue weighted by Crippen LogP contribution is 2.32. The van der Waals surface area contributed by atoms with Crippen LogP contribution in [-0.4, -0.2) is 15.1 Å². The van der Waals surface area contributed by atoms with E-state index in [1.807, 2.05) is 36.4 Å². The van der Waals surface area contributed by atoms with Crippen molar-refractivity contribution >= 4 is 10.8 Å². The summed E-state index contributed by atoms with van der Waals surface area (Å²) in [5, 5.41) is 12.9. The molecule has 1 atom stereocenters. The first kappa shape index (κ1) is 11.8. The lowest BCUT2D eigenvalue weighted by Crippen LogP contribution is -2.23. The number of hydrogen-bond donors (Lipinski definition) is 1. The predicted molar refractivity (Wildman–Crippen MR) is 74.7 cm³/mol. The van der Waals surface area contributed by atoms with Gasteiger partial charge < -0.3 is 5.11 Å². The van der Waals surface area contributed by atoms with Crippen LogP contribution in [0.3, 0.4) is 0 Å². The number of nitrogens with zero attached hydrogens (tertiary/aromatic N) is 2. The Morgan fingerprint density at radius 3 is 2.58 bits per heavy atom. The maximum absolute atomic E-state index is 10.9. The molecule has 0 amide bonds. The van der Waals surface area contributed by atoms with Gasteiger partial charge in [-0.05, 0) is 18.4 Å². The smallest absolute Gasteiger partial charge is 0.115 e. The molecule has 2 heterocycles. The van der Waals surface area contributed by atoms with Crippen molar-refractivity contribution in [1.29, 1.82) is 0 Å². The lowest BCUT2D eigenvalue weighted by Gasteiger charge is -2.25. The second-order valence-corrected chi connectivity index (χ2v) is 4.72. The van der Waals surface area contributed by atoms with Gasteiger partial charge in [-0.25, -0.2) is 0 Å². The Balaban J connectivity index is 2.24. The first-order valence-corrected chi connectivity index (χ1v) is 6.16. The zero-order chi connectivity index (χ0) is 13.3. The van der Waals surface area contributed by atoms with E-state index in [-0.39, 0.29) is 0 Å². The van der Waals surface area contributed by atoms with Gasteiger partial charge >= 0.3 is 0 Å². The molecular weight excluding hydrogens is 236 g/mol. The molecule has 3 heteroatoms. The Hall–Kier alpha value is -2.26. The van der Waals surface area contributed by atoms with E-state index in [1.54, 1.807) is 31.7 Å². The summed E-state index contributed by atoms with van der Waals surface area (Å²) in [6, 6.07) is 11.6. The van der Waals surface area contributed by atoms with Gasteiger partial charge in [-0.15, -0.1) is 0 Å². The summed E-state index contributed by atoms with van der Waals surface area (Å²) in [5.41, 5.74) is 0.439. The second-order valence-electron chi connectivity index (χ2n) is 4.72. The van der Waals surface area contributed by atoms with Gasteiger partial charge in [-0.2, -0.15) is 0 Å². The number of fused-ring (bicyclic) bond motifs is 1. The zero-order valence-corrected chi connectivity index (χ0v) is 10.6. The third kappa shape index (κ3) is 1.98. The molecule has 0 fully saturated rings. The highest BCUT2D eigenvalue weighted by Gasteiger charge is 2.27. The van der Waals surface area contributed by atoms with E-state index in [1.165, 1.54) is 0 Å². The fourth-order valence-corrected chi connectivity index (χ4v) is 2.31. The topological polar surface area (TPSA) is 46.0 Å². The normalized spacial score (nSPS) is 14.2. The third-order valence-electron chi connectivity index (χ3n) is 3.42. The SMILES string of the molecule is CC(O)(c1cccnc1)c1cncc2ccccc12. The largest absolute Gasteiger partial charge is 0.381 e. The number of aliphatic hydroxyl groups is 1. The lowest BCUT2D eigenvalue weighted by molar-refractivity contribution is 0.103. The molecule has 3 rings (SSSR count). The van der Waals surface area contributed by atoms with Crippen molar-refractivity contribution in [1.82, 2.24) is 9.97 Å². The van der Waals surface area contributed by atoms with Crippen molar-refractivity contribution in [2.75, 3.05) is 0 Å². The van der Waals surface area contributed by atoms with Crippen molar-refractivity contribution in [3.63, 3.8) is 0 Å². The van der Waals surface area contributed by atoms with Crippen LogP contribution < -0.4 is 0 Å². The highest BCUT2D eigenvalue weighted by molar-refractivity contribution is 5.85. The van der Waals surface area contributed by atoms with E-state index >= 15 is 0 Å². The molecule has 1 aromatic carbocycles. The summed E-state index contributed by atoms with van der Waals surface area (Å²) in [6.07, 6.45) is 6.90. The van der Waals surface area contributed by atoms with Gasteiger partial charge in [0, 0.05) is 41.3 Å². The van der Waals surface area contributed by atoms with Gasteiger partial charge in [0.25, 0.3) is 0 Å². The number of aromatic nitrogens is 2. The molecule has 0 radical (unpaired) electrons. The summed E-state index contributed by atoms with van der Waals surface area (Å²) < 4.78 is 0. The molecule has 0 aliphatic heterocycles. The summed E-state index contributed by atoms with van der Waals surface area (Å²) in [7, 11) is 0. The average molecular weight is 250 g/mol. The predicted octanol–water partition coefficient (Wildman–Crippen LogP) is 2.89. The minimum Gasteiger partial charge on any atom is -0.381 e. The van der Waals surface area contributed by atoms with E-state index < -0.39 is 5.60 Å². The Bertz CT molecular complexity index is 703. The molecule has 1 N–H and O–H groups in total. The van der Waals surface area contributed by atoms with E-state index in [0.717, 1.165) is 21.9 Å². The Morgan fingerprint density at radius 1 is 0.947 bits per heavy atom. The van der Waals surface area contributed by atoms with Crippen LogP contribution >= 0.6 is 0 Å². The lowest BCUT2D eigenvalue weighted by atomic mass is 9.87. The Kier molecular flexibility index (Phi) is 2.76. The van der Waals surface area contributed by atoms with Crippen molar-refractivity contribution in [2.24, 2.45) is 0 Å². The van der Waals surface area contributed by atoms with Crippen LogP contribution in [0.1, 0.15) is 18.1 Å². The van der Waals surface area contributed by atoms with E-state index in [2.05, 4.69) is 9.97 Å². The summed E-state index contributed by atoms with van der Waals surface area (Å²) in [4.78, 5) is 8.30. The summed E-state index contributed by atoms with van der Waals surface area (Å²) in [6.45, 7) is 1.77. The van der Waals surface area contributed by atoms with Gasteiger partial charge in [0.2, 0.25) is 0 Å². The van der Waals surface area contributed by atoms with E-state index in [4.69, 9.17) is 0 Å². The molecule has 19 heavy (non-hydrogen) atoms. The van der Waals surface area contributed by atoms with Gasteiger partial charge in [-0.1, -0.05) is 30.3 Å². The molecule has 94 valence electrons. The maximum atomic E-state index is 10.9. The monoisotopic (exact) mass is 250 g/mol.